The zero-order valence-electron chi connectivity index (χ0n) is 11.8. The molecule has 0 radical (unpaired) electrons. The molecule has 0 aliphatic heterocycles. The molecular formula is C17H11ClN2O3. The second-order valence-corrected chi connectivity index (χ2v) is 5.17. The zero-order valence-corrected chi connectivity index (χ0v) is 12.6. The number of nitrogens with zero attached hydrogens (tertiary/aromatic N) is 1. The van der Waals surface area contributed by atoms with Gasteiger partial charge in [0, 0.05) is 21.8 Å². The highest BCUT2D eigenvalue weighted by atomic mass is 35.5. The quantitative estimate of drug-likeness (QED) is 0.668. The van der Waals surface area contributed by atoms with Crippen LogP contribution in [0.5, 0.6) is 0 Å². The third kappa shape index (κ3) is 3.46. The molecule has 3 rings (SSSR count). The Labute approximate surface area is 137 Å². The summed E-state index contributed by atoms with van der Waals surface area (Å²) in [4.78, 5) is 28.4. The molecule has 0 spiro atoms. The molecule has 0 unspecified atom stereocenters. The van der Waals surface area contributed by atoms with Crippen molar-refractivity contribution in [2.75, 3.05) is 5.32 Å². The van der Waals surface area contributed by atoms with Crippen LogP contribution in [0.4, 0.5) is 10.5 Å². The van der Waals surface area contributed by atoms with Crippen molar-refractivity contribution in [3.63, 3.8) is 0 Å². The standard InChI is InChI=1S/C17H11ClN2O3/c18-11-5-7-12(8-6-11)19-17(22)23-20-15-9-10-16(21)14-4-2-1-3-13(14)15/h1-10H,(H,19,22)/b20-15+. The van der Waals surface area contributed by atoms with E-state index in [1.54, 1.807) is 48.5 Å². The van der Waals surface area contributed by atoms with Gasteiger partial charge in [-0.2, -0.15) is 0 Å². The van der Waals surface area contributed by atoms with Crippen molar-refractivity contribution in [3.8, 4) is 0 Å². The fraction of sp³-hybridized carbons (Fsp3) is 0. The fourth-order valence-electron chi connectivity index (χ4n) is 2.10. The number of benzene rings is 2. The first kappa shape index (κ1) is 15.0. The number of nitrogens with one attached hydrogen (secondary N) is 1. The number of amides is 1. The highest BCUT2D eigenvalue weighted by molar-refractivity contribution is 6.30. The van der Waals surface area contributed by atoms with E-state index in [1.165, 1.54) is 12.2 Å². The van der Waals surface area contributed by atoms with Gasteiger partial charge in [0.25, 0.3) is 0 Å². The van der Waals surface area contributed by atoms with Gasteiger partial charge in [-0.05, 0) is 36.4 Å². The molecule has 1 N–H and O–H groups in total. The first-order valence-corrected chi connectivity index (χ1v) is 7.14. The van der Waals surface area contributed by atoms with Crippen LogP contribution in [0.25, 0.3) is 0 Å². The average Bonchev–Trinajstić information content (AvgIpc) is 2.57. The summed E-state index contributed by atoms with van der Waals surface area (Å²) in [6.45, 7) is 0. The van der Waals surface area contributed by atoms with E-state index in [9.17, 15) is 9.59 Å². The lowest BCUT2D eigenvalue weighted by Crippen LogP contribution is -2.15. The lowest BCUT2D eigenvalue weighted by atomic mass is 9.95. The molecule has 0 aromatic heterocycles. The van der Waals surface area contributed by atoms with Crippen molar-refractivity contribution in [1.82, 2.24) is 0 Å². The molecule has 114 valence electrons. The number of carbonyl (C=O) groups excluding carboxylic acids is 2. The summed E-state index contributed by atoms with van der Waals surface area (Å²) in [6.07, 6.45) is 2.17. The van der Waals surface area contributed by atoms with Gasteiger partial charge in [-0.25, -0.2) is 4.79 Å². The fourth-order valence-corrected chi connectivity index (χ4v) is 2.23. The molecule has 0 atom stereocenters. The Morgan fingerprint density at radius 2 is 1.70 bits per heavy atom. The van der Waals surface area contributed by atoms with Crippen molar-refractivity contribution in [1.29, 1.82) is 0 Å². The van der Waals surface area contributed by atoms with Crippen molar-refractivity contribution >= 4 is 34.9 Å². The van der Waals surface area contributed by atoms with Crippen LogP contribution >= 0.6 is 11.6 Å². The normalized spacial score (nSPS) is 14.5. The van der Waals surface area contributed by atoms with E-state index in [2.05, 4.69) is 10.5 Å². The maximum absolute atomic E-state index is 11.8. The Hall–Kier alpha value is -2.92. The molecular weight excluding hydrogens is 316 g/mol. The van der Waals surface area contributed by atoms with E-state index >= 15 is 0 Å². The molecule has 0 bridgehead atoms. The second kappa shape index (κ2) is 6.46. The van der Waals surface area contributed by atoms with Crippen LogP contribution in [0.3, 0.4) is 0 Å². The summed E-state index contributed by atoms with van der Waals surface area (Å²) in [7, 11) is 0. The molecule has 23 heavy (non-hydrogen) atoms. The Morgan fingerprint density at radius 3 is 2.43 bits per heavy atom. The Bertz CT molecular complexity index is 826. The number of oxime groups is 1. The first-order valence-electron chi connectivity index (χ1n) is 6.77. The largest absolute Gasteiger partial charge is 0.437 e. The summed E-state index contributed by atoms with van der Waals surface area (Å²) >= 11 is 5.77. The monoisotopic (exact) mass is 326 g/mol. The van der Waals surface area contributed by atoms with E-state index in [1.807, 2.05) is 0 Å². The van der Waals surface area contributed by atoms with Crippen LogP contribution in [-0.2, 0) is 4.84 Å². The zero-order chi connectivity index (χ0) is 16.2. The summed E-state index contributed by atoms with van der Waals surface area (Å²) in [5.41, 5.74) is 2.09. The number of rotatable bonds is 2. The smallest absolute Gasteiger partial charge is 0.297 e. The predicted octanol–water partition coefficient (Wildman–Crippen LogP) is 4.05. The predicted molar refractivity (Wildman–Crippen MR) is 88.0 cm³/mol. The van der Waals surface area contributed by atoms with Gasteiger partial charge >= 0.3 is 6.09 Å². The highest BCUT2D eigenvalue weighted by Gasteiger charge is 2.17. The van der Waals surface area contributed by atoms with Crippen LogP contribution in [0, 0.1) is 0 Å². The molecule has 6 heteroatoms. The Balaban J connectivity index is 1.72. The summed E-state index contributed by atoms with van der Waals surface area (Å²) < 4.78 is 0. The maximum Gasteiger partial charge on any atom is 0.437 e. The highest BCUT2D eigenvalue weighted by Crippen LogP contribution is 2.17. The Kier molecular flexibility index (Phi) is 4.21. The van der Waals surface area contributed by atoms with Crippen LogP contribution in [0.1, 0.15) is 15.9 Å². The molecule has 1 aliphatic rings. The van der Waals surface area contributed by atoms with E-state index in [0.29, 0.717) is 27.5 Å². The van der Waals surface area contributed by atoms with E-state index in [-0.39, 0.29) is 5.78 Å². The summed E-state index contributed by atoms with van der Waals surface area (Å²) in [5, 5.41) is 6.90. The molecule has 5 nitrogen and oxygen atoms in total. The number of hydrogen-bond donors (Lipinski definition) is 1. The Morgan fingerprint density at radius 1 is 1.00 bits per heavy atom. The number of allylic oxidation sites excluding steroid dienone is 2. The number of carbonyl (C=O) groups is 2. The van der Waals surface area contributed by atoms with Gasteiger partial charge < -0.3 is 0 Å². The van der Waals surface area contributed by atoms with Gasteiger partial charge in [0.2, 0.25) is 0 Å². The molecule has 0 fully saturated rings. The third-order valence-electron chi connectivity index (χ3n) is 3.18. The second-order valence-electron chi connectivity index (χ2n) is 4.73. The molecule has 1 aliphatic carbocycles. The molecule has 0 heterocycles. The van der Waals surface area contributed by atoms with Crippen LogP contribution in [0.2, 0.25) is 5.02 Å². The molecule has 2 aromatic carbocycles. The number of hydrogen-bond acceptors (Lipinski definition) is 4. The molecule has 0 saturated carbocycles. The van der Waals surface area contributed by atoms with Crippen LogP contribution < -0.4 is 5.32 Å². The lowest BCUT2D eigenvalue weighted by Gasteiger charge is -2.11. The lowest BCUT2D eigenvalue weighted by molar-refractivity contribution is 0.104. The van der Waals surface area contributed by atoms with Crippen molar-refractivity contribution in [3.05, 3.63) is 76.8 Å². The SMILES string of the molecule is O=C(Nc1ccc(Cl)cc1)O/N=C1\C=CC(=O)c2ccccc21. The van der Waals surface area contributed by atoms with Crippen LogP contribution in [0.15, 0.2) is 65.8 Å². The summed E-state index contributed by atoms with van der Waals surface area (Å²) in [6, 6.07) is 13.6. The number of ketones is 1. The minimum absolute atomic E-state index is 0.106. The van der Waals surface area contributed by atoms with E-state index in [4.69, 9.17) is 16.4 Å². The number of halogens is 1. The third-order valence-corrected chi connectivity index (χ3v) is 3.43. The van der Waals surface area contributed by atoms with E-state index < -0.39 is 6.09 Å². The minimum atomic E-state index is -0.734. The first-order chi connectivity index (χ1) is 11.1. The maximum atomic E-state index is 11.8. The average molecular weight is 327 g/mol. The number of fused-ring (bicyclic) bond motifs is 1. The van der Waals surface area contributed by atoms with Crippen molar-refractivity contribution in [2.45, 2.75) is 0 Å². The van der Waals surface area contributed by atoms with Crippen LogP contribution in [-0.4, -0.2) is 17.6 Å². The van der Waals surface area contributed by atoms with Gasteiger partial charge in [-0.15, -0.1) is 0 Å². The summed E-state index contributed by atoms with van der Waals surface area (Å²) in [5.74, 6) is -0.106. The molecule has 2 aromatic rings. The van der Waals surface area contributed by atoms with Gasteiger partial charge in [0.05, 0.1) is 0 Å². The van der Waals surface area contributed by atoms with Gasteiger partial charge in [-0.3, -0.25) is 14.9 Å². The minimum Gasteiger partial charge on any atom is -0.297 e. The van der Waals surface area contributed by atoms with Gasteiger partial charge in [-0.1, -0.05) is 41.0 Å². The molecule has 1 amide bonds. The van der Waals surface area contributed by atoms with Gasteiger partial charge in [0.15, 0.2) is 5.78 Å². The van der Waals surface area contributed by atoms with Crippen molar-refractivity contribution < 1.29 is 14.4 Å². The number of anilines is 1. The molecule has 0 saturated heterocycles. The topological polar surface area (TPSA) is 67.8 Å². The van der Waals surface area contributed by atoms with E-state index in [0.717, 1.165) is 0 Å². The van der Waals surface area contributed by atoms with Gasteiger partial charge in [0.1, 0.15) is 5.71 Å². The van der Waals surface area contributed by atoms with Crippen molar-refractivity contribution in [2.24, 2.45) is 5.16 Å².